The van der Waals surface area contributed by atoms with E-state index in [2.05, 4.69) is 5.32 Å². The predicted molar refractivity (Wildman–Crippen MR) is 76.1 cm³/mol. The molecule has 0 amide bonds. The second-order valence-corrected chi connectivity index (χ2v) is 4.07. The van der Waals surface area contributed by atoms with E-state index in [0.717, 1.165) is 16.8 Å². The van der Waals surface area contributed by atoms with Gasteiger partial charge < -0.3 is 11.1 Å². The van der Waals surface area contributed by atoms with Gasteiger partial charge in [-0.2, -0.15) is 0 Å². The number of hydrogen-bond acceptors (Lipinski definition) is 4. The highest BCUT2D eigenvalue weighted by Gasteiger charge is 2.11. The minimum Gasteiger partial charge on any atom is -0.383 e. The van der Waals surface area contributed by atoms with Gasteiger partial charge in [0, 0.05) is 36.5 Å². The van der Waals surface area contributed by atoms with E-state index in [1.807, 2.05) is 30.3 Å². The molecule has 0 bridgehead atoms. The van der Waals surface area contributed by atoms with E-state index in [1.165, 1.54) is 6.07 Å². The smallest absolute Gasteiger partial charge is 0.270 e. The van der Waals surface area contributed by atoms with Gasteiger partial charge in [-0.3, -0.25) is 10.1 Å². The van der Waals surface area contributed by atoms with Gasteiger partial charge in [0.25, 0.3) is 5.69 Å². The Kier molecular flexibility index (Phi) is 4.10. The number of nitrogens with two attached hydrogens (primary N) is 1. The summed E-state index contributed by atoms with van der Waals surface area (Å²) in [6.45, 7) is 1.13. The second kappa shape index (κ2) is 5.97. The zero-order valence-corrected chi connectivity index (χ0v) is 10.4. The molecule has 98 valence electrons. The Morgan fingerprint density at radius 1 is 1.16 bits per heavy atom. The molecular weight excluding hydrogens is 242 g/mol. The van der Waals surface area contributed by atoms with Crippen LogP contribution in [-0.4, -0.2) is 18.0 Å². The summed E-state index contributed by atoms with van der Waals surface area (Å²) < 4.78 is 0. The maximum Gasteiger partial charge on any atom is 0.270 e. The van der Waals surface area contributed by atoms with Gasteiger partial charge in [0.1, 0.15) is 0 Å². The molecule has 0 heterocycles. The van der Waals surface area contributed by atoms with Gasteiger partial charge in [0.15, 0.2) is 0 Å². The third-order valence-electron chi connectivity index (χ3n) is 2.76. The maximum absolute atomic E-state index is 10.9. The van der Waals surface area contributed by atoms with E-state index >= 15 is 0 Å². The number of nitro groups is 1. The van der Waals surface area contributed by atoms with Crippen molar-refractivity contribution in [3.05, 3.63) is 58.6 Å². The van der Waals surface area contributed by atoms with Crippen molar-refractivity contribution in [3.63, 3.8) is 0 Å². The van der Waals surface area contributed by atoms with Crippen molar-refractivity contribution >= 4 is 11.4 Å². The molecule has 0 aliphatic carbocycles. The highest BCUT2D eigenvalue weighted by molar-refractivity contribution is 5.79. The maximum atomic E-state index is 10.9. The number of nitrogens with zero attached hydrogens (tertiary/aromatic N) is 1. The van der Waals surface area contributed by atoms with Gasteiger partial charge in [0.2, 0.25) is 0 Å². The van der Waals surface area contributed by atoms with Crippen LogP contribution in [0.2, 0.25) is 0 Å². The summed E-state index contributed by atoms with van der Waals surface area (Å²) in [5.74, 6) is 0. The molecule has 0 aromatic heterocycles. The van der Waals surface area contributed by atoms with Crippen molar-refractivity contribution in [1.29, 1.82) is 0 Å². The summed E-state index contributed by atoms with van der Waals surface area (Å²) in [7, 11) is 0. The van der Waals surface area contributed by atoms with Crippen LogP contribution in [0.25, 0.3) is 11.1 Å². The van der Waals surface area contributed by atoms with Crippen molar-refractivity contribution in [1.82, 2.24) is 0 Å². The van der Waals surface area contributed by atoms with Crippen LogP contribution in [0.3, 0.4) is 0 Å². The second-order valence-electron chi connectivity index (χ2n) is 4.07. The van der Waals surface area contributed by atoms with Crippen LogP contribution >= 0.6 is 0 Å². The Bertz CT molecular complexity index is 570. The average Bonchev–Trinajstić information content (AvgIpc) is 2.45. The van der Waals surface area contributed by atoms with Gasteiger partial charge >= 0.3 is 0 Å². The summed E-state index contributed by atoms with van der Waals surface area (Å²) in [5.41, 5.74) is 8.15. The van der Waals surface area contributed by atoms with Crippen LogP contribution in [0.5, 0.6) is 0 Å². The topological polar surface area (TPSA) is 81.2 Å². The third kappa shape index (κ3) is 3.08. The van der Waals surface area contributed by atoms with E-state index in [-0.39, 0.29) is 10.6 Å². The fraction of sp³-hybridized carbons (Fsp3) is 0.143. The number of nitrogens with one attached hydrogen (secondary N) is 1. The normalized spacial score (nSPS) is 10.2. The van der Waals surface area contributed by atoms with E-state index in [0.29, 0.717) is 13.1 Å². The summed E-state index contributed by atoms with van der Waals surface area (Å²) in [6.07, 6.45) is 0. The van der Waals surface area contributed by atoms with Crippen LogP contribution < -0.4 is 11.1 Å². The lowest BCUT2D eigenvalue weighted by atomic mass is 10.0. The minimum absolute atomic E-state index is 0.0807. The number of benzene rings is 2. The first kappa shape index (κ1) is 13.0. The van der Waals surface area contributed by atoms with Crippen molar-refractivity contribution in [2.24, 2.45) is 5.73 Å². The molecule has 0 atom stereocenters. The van der Waals surface area contributed by atoms with E-state index in [4.69, 9.17) is 5.73 Å². The van der Waals surface area contributed by atoms with Crippen LogP contribution in [0.15, 0.2) is 48.5 Å². The Balaban J connectivity index is 2.47. The van der Waals surface area contributed by atoms with Gasteiger partial charge in [-0.05, 0) is 11.6 Å². The summed E-state index contributed by atoms with van der Waals surface area (Å²) >= 11 is 0. The predicted octanol–water partition coefficient (Wildman–Crippen LogP) is 2.63. The Hall–Kier alpha value is -2.40. The molecule has 0 fully saturated rings. The quantitative estimate of drug-likeness (QED) is 0.637. The fourth-order valence-electron chi connectivity index (χ4n) is 1.86. The van der Waals surface area contributed by atoms with E-state index < -0.39 is 0 Å². The molecule has 0 saturated heterocycles. The zero-order chi connectivity index (χ0) is 13.7. The Labute approximate surface area is 111 Å². The summed E-state index contributed by atoms with van der Waals surface area (Å²) in [5, 5.41) is 14.1. The van der Waals surface area contributed by atoms with Crippen LogP contribution in [0.1, 0.15) is 0 Å². The lowest BCUT2D eigenvalue weighted by Gasteiger charge is -2.11. The van der Waals surface area contributed by atoms with Crippen LogP contribution in [-0.2, 0) is 0 Å². The molecule has 5 heteroatoms. The standard InChI is InChI=1S/C14H15N3O2/c15-8-9-16-14-7-6-12(17(18)19)10-13(14)11-4-2-1-3-5-11/h1-7,10,16H,8-9,15H2. The highest BCUT2D eigenvalue weighted by atomic mass is 16.6. The molecule has 0 aliphatic rings. The molecule has 0 aliphatic heterocycles. The van der Waals surface area contributed by atoms with Gasteiger partial charge in [-0.25, -0.2) is 0 Å². The molecule has 5 nitrogen and oxygen atoms in total. The molecule has 2 aromatic carbocycles. The molecule has 3 N–H and O–H groups in total. The largest absolute Gasteiger partial charge is 0.383 e. The van der Waals surface area contributed by atoms with Crippen molar-refractivity contribution < 1.29 is 4.92 Å². The molecule has 2 rings (SSSR count). The highest BCUT2D eigenvalue weighted by Crippen LogP contribution is 2.31. The van der Waals surface area contributed by atoms with E-state index in [9.17, 15) is 10.1 Å². The van der Waals surface area contributed by atoms with Gasteiger partial charge in [0.05, 0.1) is 4.92 Å². The first-order valence-corrected chi connectivity index (χ1v) is 6.00. The molecule has 19 heavy (non-hydrogen) atoms. The monoisotopic (exact) mass is 257 g/mol. The molecule has 0 spiro atoms. The Morgan fingerprint density at radius 2 is 1.89 bits per heavy atom. The minimum atomic E-state index is -0.390. The fourth-order valence-corrected chi connectivity index (χ4v) is 1.86. The summed E-state index contributed by atoms with van der Waals surface area (Å²) in [4.78, 5) is 10.5. The molecule has 0 unspecified atom stereocenters. The Morgan fingerprint density at radius 3 is 2.53 bits per heavy atom. The van der Waals surface area contributed by atoms with Crippen LogP contribution in [0.4, 0.5) is 11.4 Å². The SMILES string of the molecule is NCCNc1ccc([N+](=O)[O-])cc1-c1ccccc1. The number of rotatable bonds is 5. The van der Waals surface area contributed by atoms with Gasteiger partial charge in [-0.15, -0.1) is 0 Å². The first-order valence-electron chi connectivity index (χ1n) is 6.00. The first-order chi connectivity index (χ1) is 9.22. The molecule has 0 radical (unpaired) electrons. The number of anilines is 1. The molecule has 0 saturated carbocycles. The van der Waals surface area contributed by atoms with Crippen LogP contribution in [0, 0.1) is 10.1 Å². The van der Waals surface area contributed by atoms with Crippen molar-refractivity contribution in [2.45, 2.75) is 0 Å². The molecular formula is C14H15N3O2. The zero-order valence-electron chi connectivity index (χ0n) is 10.4. The van der Waals surface area contributed by atoms with E-state index in [1.54, 1.807) is 12.1 Å². The lowest BCUT2D eigenvalue weighted by Crippen LogP contribution is -2.13. The van der Waals surface area contributed by atoms with Crippen molar-refractivity contribution in [3.8, 4) is 11.1 Å². The number of hydrogen-bond donors (Lipinski definition) is 2. The lowest BCUT2D eigenvalue weighted by molar-refractivity contribution is -0.384. The van der Waals surface area contributed by atoms with Crippen molar-refractivity contribution in [2.75, 3.05) is 18.4 Å². The number of non-ortho nitro benzene ring substituents is 1. The molecule has 2 aromatic rings. The van der Waals surface area contributed by atoms with Gasteiger partial charge in [-0.1, -0.05) is 30.3 Å². The average molecular weight is 257 g/mol. The number of nitro benzene ring substituents is 1. The summed E-state index contributed by atoms with van der Waals surface area (Å²) in [6, 6.07) is 14.4. The third-order valence-corrected chi connectivity index (χ3v) is 2.76.